The molecule has 0 aliphatic carbocycles. The van der Waals surface area contributed by atoms with E-state index >= 15 is 0 Å². The van der Waals surface area contributed by atoms with Gasteiger partial charge >= 0.3 is 0 Å². The van der Waals surface area contributed by atoms with Crippen LogP contribution in [0.4, 0.5) is 0 Å². The molecule has 1 fully saturated rings. The van der Waals surface area contributed by atoms with E-state index < -0.39 is 0 Å². The Morgan fingerprint density at radius 1 is 0.850 bits per heavy atom. The monoisotopic (exact) mass is 264 g/mol. The summed E-state index contributed by atoms with van der Waals surface area (Å²) in [5.74, 6) is 0.600. The molecule has 98 valence electrons. The first-order valence-electron chi connectivity index (χ1n) is 6.56. The van der Waals surface area contributed by atoms with E-state index in [0.29, 0.717) is 16.7 Å². The zero-order chi connectivity index (χ0) is 13.5. The Morgan fingerprint density at radius 2 is 1.60 bits per heavy atom. The molecule has 3 heteroatoms. The van der Waals surface area contributed by atoms with Crippen LogP contribution in [0.25, 0.3) is 11.0 Å². The highest BCUT2D eigenvalue weighted by molar-refractivity contribution is 5.76. The molecule has 0 spiro atoms. The summed E-state index contributed by atoms with van der Waals surface area (Å²) in [6.45, 7) is 0. The van der Waals surface area contributed by atoms with Gasteiger partial charge in [-0.1, -0.05) is 42.5 Å². The molecule has 0 N–H and O–H groups in total. The van der Waals surface area contributed by atoms with E-state index in [0.717, 1.165) is 5.56 Å². The van der Waals surface area contributed by atoms with Crippen LogP contribution in [-0.4, -0.2) is 0 Å². The SMILES string of the molecule is O=c1cc([C@@H]2O[C@H]2c2ccccc2)oc2ccccc12. The van der Waals surface area contributed by atoms with Crippen molar-refractivity contribution in [2.45, 2.75) is 12.2 Å². The van der Waals surface area contributed by atoms with Gasteiger partial charge in [0, 0.05) is 6.07 Å². The van der Waals surface area contributed by atoms with Crippen molar-refractivity contribution in [3.05, 3.63) is 82.2 Å². The molecular formula is C17H12O3. The lowest BCUT2D eigenvalue weighted by atomic mass is 10.1. The van der Waals surface area contributed by atoms with Crippen LogP contribution in [0.1, 0.15) is 23.5 Å². The van der Waals surface area contributed by atoms with Crippen molar-refractivity contribution < 1.29 is 9.15 Å². The number of rotatable bonds is 2. The topological polar surface area (TPSA) is 42.7 Å². The Morgan fingerprint density at radius 3 is 2.45 bits per heavy atom. The Balaban J connectivity index is 1.73. The van der Waals surface area contributed by atoms with Crippen LogP contribution in [0, 0.1) is 0 Å². The fourth-order valence-corrected chi connectivity index (χ4v) is 2.49. The molecule has 2 aromatic carbocycles. The molecule has 3 aromatic rings. The van der Waals surface area contributed by atoms with Crippen molar-refractivity contribution in [1.82, 2.24) is 0 Å². The minimum atomic E-state index is -0.158. The first-order chi connectivity index (χ1) is 9.83. The van der Waals surface area contributed by atoms with Gasteiger partial charge in [0.2, 0.25) is 0 Å². The lowest BCUT2D eigenvalue weighted by Crippen LogP contribution is -2.01. The molecule has 0 unspecified atom stereocenters. The third-order valence-electron chi connectivity index (χ3n) is 3.55. The van der Waals surface area contributed by atoms with Crippen LogP contribution >= 0.6 is 0 Å². The largest absolute Gasteiger partial charge is 0.458 e. The summed E-state index contributed by atoms with van der Waals surface area (Å²) in [6, 6.07) is 18.8. The van der Waals surface area contributed by atoms with E-state index in [1.54, 1.807) is 12.1 Å². The first-order valence-corrected chi connectivity index (χ1v) is 6.56. The molecule has 0 amide bonds. The van der Waals surface area contributed by atoms with Crippen LogP contribution in [-0.2, 0) is 4.74 Å². The first kappa shape index (κ1) is 11.4. The standard InChI is InChI=1S/C17H12O3/c18-13-10-15(19-14-9-5-4-8-12(13)14)17-16(20-17)11-6-2-1-3-7-11/h1-10,16-17H/t16-,17-/m0/s1. The minimum absolute atomic E-state index is 0.0134. The molecule has 1 aliphatic heterocycles. The molecule has 2 atom stereocenters. The van der Waals surface area contributed by atoms with Gasteiger partial charge in [-0.15, -0.1) is 0 Å². The van der Waals surface area contributed by atoms with Crippen molar-refractivity contribution in [1.29, 1.82) is 0 Å². The predicted octanol–water partition coefficient (Wildman–Crippen LogP) is 3.61. The second-order valence-corrected chi connectivity index (χ2v) is 4.90. The summed E-state index contributed by atoms with van der Waals surface area (Å²) in [5.41, 5.74) is 1.69. The van der Waals surface area contributed by atoms with Crippen molar-refractivity contribution in [3.63, 3.8) is 0 Å². The maximum Gasteiger partial charge on any atom is 0.193 e. The Labute approximate surface area is 115 Å². The smallest absolute Gasteiger partial charge is 0.193 e. The van der Waals surface area contributed by atoms with E-state index in [1.165, 1.54) is 6.07 Å². The Kier molecular flexibility index (Phi) is 2.47. The zero-order valence-electron chi connectivity index (χ0n) is 10.7. The highest BCUT2D eigenvalue weighted by Crippen LogP contribution is 2.50. The van der Waals surface area contributed by atoms with Crippen LogP contribution in [0.15, 0.2) is 69.9 Å². The minimum Gasteiger partial charge on any atom is -0.458 e. The molecule has 1 aliphatic rings. The number of benzene rings is 2. The fourth-order valence-electron chi connectivity index (χ4n) is 2.49. The highest BCUT2D eigenvalue weighted by Gasteiger charge is 2.43. The number of para-hydroxylation sites is 1. The molecule has 1 saturated heterocycles. The van der Waals surface area contributed by atoms with Crippen molar-refractivity contribution >= 4 is 11.0 Å². The van der Waals surface area contributed by atoms with Gasteiger partial charge in [0.1, 0.15) is 23.6 Å². The van der Waals surface area contributed by atoms with Gasteiger partial charge in [0.25, 0.3) is 0 Å². The van der Waals surface area contributed by atoms with Crippen LogP contribution in [0.5, 0.6) is 0 Å². The van der Waals surface area contributed by atoms with Gasteiger partial charge in [-0.25, -0.2) is 0 Å². The molecule has 3 nitrogen and oxygen atoms in total. The molecule has 4 rings (SSSR count). The molecule has 0 saturated carbocycles. The third-order valence-corrected chi connectivity index (χ3v) is 3.55. The third kappa shape index (κ3) is 1.84. The van der Waals surface area contributed by atoms with E-state index in [4.69, 9.17) is 9.15 Å². The highest BCUT2D eigenvalue weighted by atomic mass is 16.6. The average Bonchev–Trinajstić information content (AvgIpc) is 3.29. The van der Waals surface area contributed by atoms with E-state index in [9.17, 15) is 4.79 Å². The quantitative estimate of drug-likeness (QED) is 0.664. The number of epoxide rings is 1. The summed E-state index contributed by atoms with van der Waals surface area (Å²) >= 11 is 0. The van der Waals surface area contributed by atoms with Crippen LogP contribution < -0.4 is 5.43 Å². The van der Waals surface area contributed by atoms with Gasteiger partial charge < -0.3 is 9.15 Å². The number of hydrogen-bond donors (Lipinski definition) is 0. The molecule has 20 heavy (non-hydrogen) atoms. The van der Waals surface area contributed by atoms with E-state index in [2.05, 4.69) is 0 Å². The maximum atomic E-state index is 12.1. The van der Waals surface area contributed by atoms with Crippen molar-refractivity contribution in [2.75, 3.05) is 0 Å². The van der Waals surface area contributed by atoms with Gasteiger partial charge in [-0.3, -0.25) is 4.79 Å². The molecule has 0 radical (unpaired) electrons. The summed E-state index contributed by atoms with van der Waals surface area (Å²) in [7, 11) is 0. The maximum absolute atomic E-state index is 12.1. The normalized spacial score (nSPS) is 21.0. The molecule has 0 bridgehead atoms. The van der Waals surface area contributed by atoms with E-state index in [1.807, 2.05) is 42.5 Å². The Hall–Kier alpha value is -2.39. The number of ether oxygens (including phenoxy) is 1. The molecule has 1 aromatic heterocycles. The summed E-state index contributed by atoms with van der Waals surface area (Å²) < 4.78 is 11.5. The van der Waals surface area contributed by atoms with Crippen LogP contribution in [0.3, 0.4) is 0 Å². The molecular weight excluding hydrogens is 252 g/mol. The summed E-state index contributed by atoms with van der Waals surface area (Å²) in [4.78, 5) is 12.1. The van der Waals surface area contributed by atoms with Crippen molar-refractivity contribution in [3.8, 4) is 0 Å². The fraction of sp³-hybridized carbons (Fsp3) is 0.118. The lowest BCUT2D eigenvalue weighted by molar-refractivity contribution is 0.352. The van der Waals surface area contributed by atoms with Crippen molar-refractivity contribution in [2.24, 2.45) is 0 Å². The summed E-state index contributed by atoms with van der Waals surface area (Å²) in [5, 5.41) is 0.605. The zero-order valence-corrected chi connectivity index (χ0v) is 10.7. The lowest BCUT2D eigenvalue weighted by Gasteiger charge is -2.00. The van der Waals surface area contributed by atoms with Gasteiger partial charge in [-0.05, 0) is 17.7 Å². The number of fused-ring (bicyclic) bond motifs is 1. The second kappa shape index (κ2) is 4.32. The second-order valence-electron chi connectivity index (χ2n) is 4.90. The van der Waals surface area contributed by atoms with Gasteiger partial charge in [-0.2, -0.15) is 0 Å². The average molecular weight is 264 g/mol. The van der Waals surface area contributed by atoms with E-state index in [-0.39, 0.29) is 17.6 Å². The summed E-state index contributed by atoms with van der Waals surface area (Å²) in [6.07, 6.45) is -0.171. The Bertz CT molecular complexity index is 820. The predicted molar refractivity (Wildman–Crippen MR) is 75.5 cm³/mol. The number of hydrogen-bond acceptors (Lipinski definition) is 3. The van der Waals surface area contributed by atoms with Gasteiger partial charge in [0.05, 0.1) is 5.39 Å². The van der Waals surface area contributed by atoms with Crippen LogP contribution in [0.2, 0.25) is 0 Å². The van der Waals surface area contributed by atoms with Gasteiger partial charge in [0.15, 0.2) is 5.43 Å². The molecule has 2 heterocycles.